The highest BCUT2D eigenvalue weighted by Crippen LogP contribution is 2.25. The van der Waals surface area contributed by atoms with Gasteiger partial charge >= 0.3 is 6.03 Å². The van der Waals surface area contributed by atoms with Crippen molar-refractivity contribution in [1.82, 2.24) is 20.7 Å². The maximum Gasteiger partial charge on any atom is 0.344 e. The zero-order chi connectivity index (χ0) is 20.1. The highest BCUT2D eigenvalue weighted by atomic mass is 32.1. The highest BCUT2D eigenvalue weighted by molar-refractivity contribution is 7.13. The van der Waals surface area contributed by atoms with Crippen LogP contribution in [0.5, 0.6) is 0 Å². The number of carbonyl (C=O) groups excluding carboxylic acids is 3. The van der Waals surface area contributed by atoms with E-state index < -0.39 is 23.4 Å². The lowest BCUT2D eigenvalue weighted by molar-refractivity contribution is -0.132. The Bertz CT molecular complexity index is 848. The summed E-state index contributed by atoms with van der Waals surface area (Å²) in [5.41, 5.74) is 1.48. The molecule has 28 heavy (non-hydrogen) atoms. The van der Waals surface area contributed by atoms with Crippen LogP contribution in [0, 0.1) is 0 Å². The molecule has 2 N–H and O–H groups in total. The first-order valence-electron chi connectivity index (χ1n) is 9.41. The van der Waals surface area contributed by atoms with Gasteiger partial charge in [-0.1, -0.05) is 39.0 Å². The number of hydrogen-bond donors (Lipinski definition) is 2. The standard InChI is InChI=1S/C19H24N4O4S/c1-3-4-5-6-7-10-19(2)17(25)23(18(26)21-19)22-15(24)13-12-28-16(20-13)14-9-8-11-27-14/h8-9,11-12H,3-7,10H2,1-2H3,(H,21,26)(H,22,24). The molecule has 1 aliphatic rings. The zero-order valence-electron chi connectivity index (χ0n) is 16.0. The van der Waals surface area contributed by atoms with E-state index in [0.717, 1.165) is 37.1 Å². The summed E-state index contributed by atoms with van der Waals surface area (Å²) in [5.74, 6) is -0.526. The smallest absolute Gasteiger partial charge is 0.344 e. The van der Waals surface area contributed by atoms with Gasteiger partial charge in [0.25, 0.3) is 11.8 Å². The monoisotopic (exact) mass is 404 g/mol. The van der Waals surface area contributed by atoms with Gasteiger partial charge in [-0.2, -0.15) is 5.01 Å². The van der Waals surface area contributed by atoms with Crippen molar-refractivity contribution in [2.24, 2.45) is 0 Å². The summed E-state index contributed by atoms with van der Waals surface area (Å²) in [6.07, 6.45) is 7.31. The van der Waals surface area contributed by atoms with Crippen LogP contribution in [0.3, 0.4) is 0 Å². The number of hydrazine groups is 1. The third kappa shape index (κ3) is 4.24. The first-order chi connectivity index (χ1) is 13.4. The fraction of sp³-hybridized carbons (Fsp3) is 0.474. The summed E-state index contributed by atoms with van der Waals surface area (Å²) < 4.78 is 5.26. The lowest BCUT2D eigenvalue weighted by Crippen LogP contribution is -2.48. The molecule has 9 heteroatoms. The molecule has 2 aromatic heterocycles. The van der Waals surface area contributed by atoms with E-state index >= 15 is 0 Å². The highest BCUT2D eigenvalue weighted by Gasteiger charge is 2.48. The van der Waals surface area contributed by atoms with Crippen LogP contribution in [0.15, 0.2) is 28.2 Å². The number of rotatable bonds is 9. The van der Waals surface area contributed by atoms with E-state index in [1.54, 1.807) is 24.4 Å². The van der Waals surface area contributed by atoms with Gasteiger partial charge in [0.05, 0.1) is 6.26 Å². The molecule has 0 radical (unpaired) electrons. The number of hydrogen-bond acceptors (Lipinski definition) is 6. The van der Waals surface area contributed by atoms with Crippen LogP contribution in [0.4, 0.5) is 4.79 Å². The van der Waals surface area contributed by atoms with Gasteiger partial charge in [0.15, 0.2) is 10.8 Å². The molecule has 1 unspecified atom stereocenters. The van der Waals surface area contributed by atoms with Gasteiger partial charge in [-0.3, -0.25) is 15.0 Å². The van der Waals surface area contributed by atoms with E-state index in [9.17, 15) is 14.4 Å². The molecule has 2 aromatic rings. The van der Waals surface area contributed by atoms with Gasteiger partial charge in [0, 0.05) is 5.38 Å². The van der Waals surface area contributed by atoms with Crippen molar-refractivity contribution in [1.29, 1.82) is 0 Å². The van der Waals surface area contributed by atoms with Crippen molar-refractivity contribution in [2.75, 3.05) is 0 Å². The molecule has 0 aromatic carbocycles. The molecule has 1 saturated heterocycles. The molecule has 1 aliphatic heterocycles. The number of amides is 4. The second kappa shape index (κ2) is 8.55. The zero-order valence-corrected chi connectivity index (χ0v) is 16.8. The lowest BCUT2D eigenvalue weighted by Gasteiger charge is -2.21. The largest absolute Gasteiger partial charge is 0.462 e. The van der Waals surface area contributed by atoms with E-state index in [-0.39, 0.29) is 5.69 Å². The van der Waals surface area contributed by atoms with Gasteiger partial charge < -0.3 is 9.73 Å². The van der Waals surface area contributed by atoms with Gasteiger partial charge in [0.1, 0.15) is 11.2 Å². The first kappa shape index (κ1) is 20.1. The minimum Gasteiger partial charge on any atom is -0.462 e. The van der Waals surface area contributed by atoms with Crippen molar-refractivity contribution in [3.05, 3.63) is 29.5 Å². The SMILES string of the molecule is CCCCCCCC1(C)NC(=O)N(NC(=O)c2csc(-c3ccco3)n2)C1=O. The van der Waals surface area contributed by atoms with E-state index in [2.05, 4.69) is 22.7 Å². The van der Waals surface area contributed by atoms with Crippen LogP contribution in [0.2, 0.25) is 0 Å². The Morgan fingerprint density at radius 2 is 2.11 bits per heavy atom. The van der Waals surface area contributed by atoms with Crippen LogP contribution in [0.25, 0.3) is 10.8 Å². The molecule has 3 rings (SSSR count). The summed E-state index contributed by atoms with van der Waals surface area (Å²) in [6.45, 7) is 3.83. The van der Waals surface area contributed by atoms with Crippen molar-refractivity contribution in [3.63, 3.8) is 0 Å². The first-order valence-corrected chi connectivity index (χ1v) is 10.3. The molecule has 150 valence electrons. The Hall–Kier alpha value is -2.68. The maximum atomic E-state index is 12.7. The Labute approximate surface area is 167 Å². The molecular weight excluding hydrogens is 380 g/mol. The molecule has 0 aliphatic carbocycles. The predicted molar refractivity (Wildman–Crippen MR) is 104 cm³/mol. The van der Waals surface area contributed by atoms with Gasteiger partial charge in [0.2, 0.25) is 0 Å². The Morgan fingerprint density at radius 3 is 2.82 bits per heavy atom. The van der Waals surface area contributed by atoms with E-state index in [1.807, 2.05) is 0 Å². The van der Waals surface area contributed by atoms with E-state index in [0.29, 0.717) is 17.2 Å². The molecule has 1 atom stereocenters. The van der Waals surface area contributed by atoms with Crippen molar-refractivity contribution >= 4 is 29.2 Å². The number of furan rings is 1. The summed E-state index contributed by atoms with van der Waals surface area (Å²) in [4.78, 5) is 41.6. The molecule has 3 heterocycles. The number of aromatic nitrogens is 1. The molecule has 0 saturated carbocycles. The van der Waals surface area contributed by atoms with Crippen LogP contribution in [0.1, 0.15) is 62.9 Å². The number of nitrogens with one attached hydrogen (secondary N) is 2. The van der Waals surface area contributed by atoms with Crippen molar-refractivity contribution in [2.45, 2.75) is 57.9 Å². The van der Waals surface area contributed by atoms with E-state index in [4.69, 9.17) is 4.42 Å². The van der Waals surface area contributed by atoms with E-state index in [1.165, 1.54) is 17.6 Å². The Morgan fingerprint density at radius 1 is 1.32 bits per heavy atom. The van der Waals surface area contributed by atoms with Crippen molar-refractivity contribution in [3.8, 4) is 10.8 Å². The number of imide groups is 1. The average molecular weight is 404 g/mol. The lowest BCUT2D eigenvalue weighted by atomic mass is 9.94. The fourth-order valence-electron chi connectivity index (χ4n) is 3.09. The molecule has 8 nitrogen and oxygen atoms in total. The number of unbranched alkanes of at least 4 members (excludes halogenated alkanes) is 4. The molecule has 1 fully saturated rings. The minimum atomic E-state index is -1.00. The summed E-state index contributed by atoms with van der Waals surface area (Å²) in [6, 6.07) is 2.84. The number of carbonyl (C=O) groups is 3. The predicted octanol–water partition coefficient (Wildman–Crippen LogP) is 3.72. The normalized spacial score (nSPS) is 19.1. The van der Waals surface area contributed by atoms with Gasteiger partial charge in [-0.05, 0) is 25.5 Å². The number of thiazole rings is 1. The van der Waals surface area contributed by atoms with Crippen LogP contribution < -0.4 is 10.7 Å². The molecule has 4 amide bonds. The summed E-state index contributed by atoms with van der Waals surface area (Å²) in [7, 11) is 0. The third-order valence-corrected chi connectivity index (χ3v) is 5.58. The maximum absolute atomic E-state index is 12.7. The average Bonchev–Trinajstić information content (AvgIpc) is 3.39. The number of urea groups is 1. The van der Waals surface area contributed by atoms with Crippen molar-refractivity contribution < 1.29 is 18.8 Å². The van der Waals surface area contributed by atoms with Gasteiger partial charge in [-0.15, -0.1) is 11.3 Å². The Kier molecular flexibility index (Phi) is 6.13. The molecular formula is C19H24N4O4S. The summed E-state index contributed by atoms with van der Waals surface area (Å²) >= 11 is 1.24. The molecule has 0 spiro atoms. The van der Waals surface area contributed by atoms with Crippen LogP contribution >= 0.6 is 11.3 Å². The third-order valence-electron chi connectivity index (χ3n) is 4.72. The fourth-order valence-corrected chi connectivity index (χ4v) is 3.85. The molecule has 0 bridgehead atoms. The van der Waals surface area contributed by atoms with Crippen LogP contribution in [-0.2, 0) is 4.79 Å². The Balaban J connectivity index is 1.60. The van der Waals surface area contributed by atoms with Gasteiger partial charge in [-0.25, -0.2) is 9.78 Å². The number of nitrogens with zero attached hydrogens (tertiary/aromatic N) is 2. The van der Waals surface area contributed by atoms with Crippen LogP contribution in [-0.4, -0.2) is 33.4 Å². The quantitative estimate of drug-likeness (QED) is 0.490. The minimum absolute atomic E-state index is 0.116. The topological polar surface area (TPSA) is 105 Å². The second-order valence-electron chi connectivity index (χ2n) is 7.02. The summed E-state index contributed by atoms with van der Waals surface area (Å²) in [5, 5.41) is 5.55. The second-order valence-corrected chi connectivity index (χ2v) is 7.88.